The molecule has 3 N–H and O–H groups in total. The highest BCUT2D eigenvalue weighted by molar-refractivity contribution is 7.86. The average Bonchev–Trinajstić information content (AvgIpc) is 3.50. The third kappa shape index (κ3) is 4.56. The van der Waals surface area contributed by atoms with Crippen LogP contribution in [-0.4, -0.2) is 57.4 Å². The van der Waals surface area contributed by atoms with Crippen molar-refractivity contribution in [2.45, 2.75) is 23.3 Å². The normalized spacial score (nSPS) is 12.6. The number of fused-ring (bicyclic) bond motifs is 3. The van der Waals surface area contributed by atoms with Crippen molar-refractivity contribution in [1.29, 1.82) is 5.26 Å². The number of ether oxygens (including phenoxy) is 1. The molecule has 200 valence electrons. The van der Waals surface area contributed by atoms with Crippen molar-refractivity contribution in [3.63, 3.8) is 0 Å². The molecule has 5 aromatic rings. The third-order valence-electron chi connectivity index (χ3n) is 5.72. The highest BCUT2D eigenvalue weighted by Gasteiger charge is 2.26. The molecule has 2 aromatic carbocycles. The van der Waals surface area contributed by atoms with Gasteiger partial charge in [-0.2, -0.15) is 27.2 Å². The zero-order valence-electron chi connectivity index (χ0n) is 20.1. The molecule has 0 unspecified atom stereocenters. The Hall–Kier alpha value is -4.47. The Morgan fingerprint density at radius 3 is 2.51 bits per heavy atom. The monoisotopic (exact) mass is 570 g/mol. The van der Waals surface area contributed by atoms with Crippen LogP contribution in [-0.2, 0) is 31.6 Å². The zero-order chi connectivity index (χ0) is 28.1. The predicted molar refractivity (Wildman–Crippen MR) is 135 cm³/mol. The Kier molecular flexibility index (Phi) is 6.28. The first-order valence-corrected chi connectivity index (χ1v) is 13.8. The second kappa shape index (κ2) is 9.37. The molecule has 3 heterocycles. The van der Waals surface area contributed by atoms with Crippen LogP contribution in [0.25, 0.3) is 22.4 Å². The maximum atomic E-state index is 12.1. The van der Waals surface area contributed by atoms with Crippen molar-refractivity contribution in [2.75, 3.05) is 7.11 Å². The highest BCUT2D eigenvalue weighted by atomic mass is 32.2. The Morgan fingerprint density at radius 2 is 1.85 bits per heavy atom. The third-order valence-corrected chi connectivity index (χ3v) is 7.47. The van der Waals surface area contributed by atoms with Gasteiger partial charge in [-0.15, -0.1) is 10.2 Å². The maximum Gasteiger partial charge on any atom is 0.296 e. The lowest BCUT2D eigenvalue weighted by molar-refractivity contribution is 0.181. The summed E-state index contributed by atoms with van der Waals surface area (Å²) in [5.41, 5.74) is 2.06. The fraction of sp³-hybridized carbons (Fsp3) is 0.136. The average molecular weight is 571 g/mol. The van der Waals surface area contributed by atoms with E-state index in [0.29, 0.717) is 16.9 Å². The van der Waals surface area contributed by atoms with E-state index in [1.165, 1.54) is 14.0 Å². The van der Waals surface area contributed by atoms with Gasteiger partial charge in [0.2, 0.25) is 0 Å². The number of aromatic nitrogens is 5. The van der Waals surface area contributed by atoms with Gasteiger partial charge in [0.1, 0.15) is 16.5 Å². The van der Waals surface area contributed by atoms with Gasteiger partial charge in [-0.3, -0.25) is 14.2 Å². The number of nitrogens with zero attached hydrogens (tertiary/aromatic N) is 7. The summed E-state index contributed by atoms with van der Waals surface area (Å²) in [6.07, 6.45) is 0. The van der Waals surface area contributed by atoms with Crippen LogP contribution < -0.4 is 0 Å². The summed E-state index contributed by atoms with van der Waals surface area (Å²) in [6.45, 7) is 1.54. The second-order valence-electron chi connectivity index (χ2n) is 8.22. The van der Waals surface area contributed by atoms with E-state index in [-0.39, 0.29) is 29.4 Å². The first kappa shape index (κ1) is 26.1. The van der Waals surface area contributed by atoms with Gasteiger partial charge in [-0.1, -0.05) is 12.1 Å². The molecule has 0 bridgehead atoms. The zero-order valence-corrected chi connectivity index (χ0v) is 21.8. The van der Waals surface area contributed by atoms with Crippen molar-refractivity contribution < 1.29 is 30.7 Å². The SMILES string of the molecule is COCc1[nH]n2c(nc3ccccc32)c1N=Nc1c(C#N)c(C)nn1-c1cc(S(=O)(=O)O)ccc1S(=O)(=O)O. The van der Waals surface area contributed by atoms with Crippen LogP contribution in [0.1, 0.15) is 17.0 Å². The standard InChI is InChI=1S/C22H18N8O7S2/c1-12-14(10-23)21(30(27-12)18-9-13(38(31,32)33)7-8-19(18)39(34,35)36)26-25-20-16(11-37-2)28-29-17-6-4-3-5-15(17)24-22(20)29/h3-9,28H,11H2,1-2H3,(H,31,32,33)(H,34,35,36). The van der Waals surface area contributed by atoms with Crippen LogP contribution in [0.15, 0.2) is 62.5 Å². The fourth-order valence-corrected chi connectivity index (χ4v) is 5.17. The molecule has 0 spiro atoms. The van der Waals surface area contributed by atoms with Crippen LogP contribution in [0, 0.1) is 18.3 Å². The molecule has 15 nitrogen and oxygen atoms in total. The number of benzene rings is 2. The molecular formula is C22H18N8O7S2. The summed E-state index contributed by atoms with van der Waals surface area (Å²) in [4.78, 5) is 3.14. The minimum absolute atomic E-state index is 0.0960. The summed E-state index contributed by atoms with van der Waals surface area (Å²) in [6, 6.07) is 11.6. The molecule has 39 heavy (non-hydrogen) atoms. The van der Waals surface area contributed by atoms with E-state index < -0.39 is 35.7 Å². The number of H-pyrrole nitrogens is 1. The quantitative estimate of drug-likeness (QED) is 0.192. The number of hydrogen-bond acceptors (Lipinski definition) is 10. The number of nitrogens with one attached hydrogen (secondary N) is 1. The fourth-order valence-electron chi connectivity index (χ4n) is 4.02. The van der Waals surface area contributed by atoms with Crippen LogP contribution >= 0.6 is 0 Å². The summed E-state index contributed by atoms with van der Waals surface area (Å²) in [5.74, 6) is -0.272. The number of azo groups is 1. The number of hydrogen-bond donors (Lipinski definition) is 3. The van der Waals surface area contributed by atoms with Gasteiger partial charge in [0.15, 0.2) is 17.2 Å². The van der Waals surface area contributed by atoms with Crippen molar-refractivity contribution in [1.82, 2.24) is 24.4 Å². The van der Waals surface area contributed by atoms with E-state index in [4.69, 9.17) is 4.74 Å². The Morgan fingerprint density at radius 1 is 1.10 bits per heavy atom. The Labute approximate surface area is 220 Å². The largest absolute Gasteiger partial charge is 0.378 e. The molecule has 3 aromatic heterocycles. The lowest BCUT2D eigenvalue weighted by Crippen LogP contribution is -2.09. The first-order valence-electron chi connectivity index (χ1n) is 10.9. The molecule has 0 atom stereocenters. The van der Waals surface area contributed by atoms with E-state index in [9.17, 15) is 31.2 Å². The molecular weight excluding hydrogens is 552 g/mol. The van der Waals surface area contributed by atoms with Crippen LogP contribution in [0.2, 0.25) is 0 Å². The number of imidazole rings is 1. The Bertz CT molecular complexity index is 2070. The molecule has 5 rings (SSSR count). The lowest BCUT2D eigenvalue weighted by atomic mass is 10.2. The summed E-state index contributed by atoms with van der Waals surface area (Å²) >= 11 is 0. The predicted octanol–water partition coefficient (Wildman–Crippen LogP) is 3.24. The topological polar surface area (TPSA) is 217 Å². The number of methoxy groups -OCH3 is 1. The summed E-state index contributed by atoms with van der Waals surface area (Å²) in [5, 5.41) is 25.5. The van der Waals surface area contributed by atoms with E-state index >= 15 is 0 Å². The van der Waals surface area contributed by atoms with Gasteiger partial charge < -0.3 is 4.74 Å². The second-order valence-corrected chi connectivity index (χ2v) is 11.0. The minimum Gasteiger partial charge on any atom is -0.378 e. The van der Waals surface area contributed by atoms with Crippen molar-refractivity contribution in [2.24, 2.45) is 10.2 Å². The smallest absolute Gasteiger partial charge is 0.296 e. The van der Waals surface area contributed by atoms with Gasteiger partial charge in [-0.25, -0.2) is 14.2 Å². The molecule has 0 aliphatic carbocycles. The van der Waals surface area contributed by atoms with Gasteiger partial charge in [0.25, 0.3) is 20.2 Å². The van der Waals surface area contributed by atoms with Gasteiger partial charge in [0.05, 0.1) is 39.6 Å². The molecule has 0 saturated carbocycles. The lowest BCUT2D eigenvalue weighted by Gasteiger charge is -2.10. The Balaban J connectivity index is 1.77. The highest BCUT2D eigenvalue weighted by Crippen LogP contribution is 2.34. The van der Waals surface area contributed by atoms with Crippen LogP contribution in [0.5, 0.6) is 0 Å². The molecule has 0 amide bonds. The molecule has 0 saturated heterocycles. The van der Waals surface area contributed by atoms with Crippen LogP contribution in [0.4, 0.5) is 11.5 Å². The van der Waals surface area contributed by atoms with Gasteiger partial charge in [0, 0.05) is 7.11 Å². The van der Waals surface area contributed by atoms with Crippen molar-refractivity contribution >= 4 is 48.4 Å². The molecule has 0 fully saturated rings. The van der Waals surface area contributed by atoms with E-state index in [1.54, 1.807) is 10.6 Å². The van der Waals surface area contributed by atoms with Crippen molar-refractivity contribution in [3.8, 4) is 11.8 Å². The molecule has 0 aliphatic rings. The maximum absolute atomic E-state index is 12.1. The number of para-hydroxylation sites is 2. The first-order chi connectivity index (χ1) is 18.4. The summed E-state index contributed by atoms with van der Waals surface area (Å²) in [7, 11) is -8.21. The van der Waals surface area contributed by atoms with Gasteiger partial charge >= 0.3 is 0 Å². The van der Waals surface area contributed by atoms with E-state index in [1.807, 2.05) is 24.3 Å². The van der Waals surface area contributed by atoms with Crippen LogP contribution in [0.3, 0.4) is 0 Å². The molecule has 0 radical (unpaired) electrons. The molecule has 17 heteroatoms. The minimum atomic E-state index is -4.91. The number of nitriles is 1. The van der Waals surface area contributed by atoms with E-state index in [0.717, 1.165) is 28.4 Å². The van der Waals surface area contributed by atoms with Gasteiger partial charge in [-0.05, 0) is 37.3 Å². The number of aromatic amines is 1. The van der Waals surface area contributed by atoms with E-state index in [2.05, 4.69) is 25.4 Å². The summed E-state index contributed by atoms with van der Waals surface area (Å²) < 4.78 is 74.8. The molecule has 0 aliphatic heterocycles. The number of aryl methyl sites for hydroxylation is 1. The number of rotatable bonds is 7. The van der Waals surface area contributed by atoms with Crippen molar-refractivity contribution in [3.05, 3.63) is 59.4 Å².